The van der Waals surface area contributed by atoms with Crippen LogP contribution in [-0.2, 0) is 6.54 Å². The monoisotopic (exact) mass is 269 g/mol. The molecule has 0 radical (unpaired) electrons. The Morgan fingerprint density at radius 1 is 1.05 bits per heavy atom. The standard InChI is InChI=1S/C18H23NO/c1-3-7-16(8-4-1)18(17-9-5-2-6-10-17)19-13-15-11-12-20-14-15/h1,3-4,7-8,11-12,14,17-19H,2,5-6,9-10,13H2. The Labute approximate surface area is 121 Å². The molecule has 1 atom stereocenters. The van der Waals surface area contributed by atoms with Gasteiger partial charge < -0.3 is 9.73 Å². The Morgan fingerprint density at radius 3 is 2.55 bits per heavy atom. The molecule has 0 saturated heterocycles. The first-order chi connectivity index (χ1) is 9.93. The van der Waals surface area contributed by atoms with Crippen LogP contribution in [0.25, 0.3) is 0 Å². The highest BCUT2D eigenvalue weighted by Crippen LogP contribution is 2.34. The highest BCUT2D eigenvalue weighted by atomic mass is 16.3. The zero-order chi connectivity index (χ0) is 13.6. The van der Waals surface area contributed by atoms with Crippen molar-refractivity contribution in [2.75, 3.05) is 0 Å². The number of rotatable bonds is 5. The van der Waals surface area contributed by atoms with Crippen molar-refractivity contribution in [3.63, 3.8) is 0 Å². The van der Waals surface area contributed by atoms with Gasteiger partial charge in [-0.05, 0) is 30.4 Å². The molecule has 20 heavy (non-hydrogen) atoms. The number of benzene rings is 1. The van der Waals surface area contributed by atoms with Crippen LogP contribution >= 0.6 is 0 Å². The van der Waals surface area contributed by atoms with Crippen molar-refractivity contribution < 1.29 is 4.42 Å². The molecule has 1 aliphatic rings. The van der Waals surface area contributed by atoms with E-state index in [1.54, 1.807) is 6.26 Å². The van der Waals surface area contributed by atoms with Crippen LogP contribution in [0.4, 0.5) is 0 Å². The van der Waals surface area contributed by atoms with E-state index in [0.29, 0.717) is 6.04 Å². The molecule has 106 valence electrons. The zero-order valence-corrected chi connectivity index (χ0v) is 11.9. The summed E-state index contributed by atoms with van der Waals surface area (Å²) in [6, 6.07) is 13.4. The van der Waals surface area contributed by atoms with Gasteiger partial charge >= 0.3 is 0 Å². The molecule has 2 heteroatoms. The lowest BCUT2D eigenvalue weighted by Gasteiger charge is -2.31. The van der Waals surface area contributed by atoms with E-state index in [1.807, 2.05) is 12.3 Å². The van der Waals surface area contributed by atoms with Crippen molar-refractivity contribution in [1.82, 2.24) is 5.32 Å². The molecule has 1 fully saturated rings. The highest BCUT2D eigenvalue weighted by molar-refractivity contribution is 5.20. The van der Waals surface area contributed by atoms with E-state index in [2.05, 4.69) is 35.6 Å². The molecule has 1 heterocycles. The third kappa shape index (κ3) is 3.31. The molecule has 0 aliphatic heterocycles. The highest BCUT2D eigenvalue weighted by Gasteiger charge is 2.24. The van der Waals surface area contributed by atoms with Crippen LogP contribution in [0.2, 0.25) is 0 Å². The van der Waals surface area contributed by atoms with Gasteiger partial charge in [0.05, 0.1) is 12.5 Å². The van der Waals surface area contributed by atoms with Crippen molar-refractivity contribution >= 4 is 0 Å². The number of nitrogens with one attached hydrogen (secondary N) is 1. The maximum atomic E-state index is 5.16. The molecule has 1 aliphatic carbocycles. The lowest BCUT2D eigenvalue weighted by atomic mass is 9.81. The summed E-state index contributed by atoms with van der Waals surface area (Å²) in [5.74, 6) is 0.762. The molecular formula is C18H23NO. The summed E-state index contributed by atoms with van der Waals surface area (Å²) in [6.07, 6.45) is 10.4. The summed E-state index contributed by atoms with van der Waals surface area (Å²) >= 11 is 0. The van der Waals surface area contributed by atoms with E-state index in [-0.39, 0.29) is 0 Å². The smallest absolute Gasteiger partial charge is 0.0947 e. The predicted molar refractivity (Wildman–Crippen MR) is 81.3 cm³/mol. The third-order valence-electron chi connectivity index (χ3n) is 4.39. The first kappa shape index (κ1) is 13.4. The van der Waals surface area contributed by atoms with E-state index in [4.69, 9.17) is 4.42 Å². The van der Waals surface area contributed by atoms with Crippen molar-refractivity contribution in [3.8, 4) is 0 Å². The lowest BCUT2D eigenvalue weighted by molar-refractivity contribution is 0.270. The minimum absolute atomic E-state index is 0.464. The molecule has 0 spiro atoms. The second-order valence-corrected chi connectivity index (χ2v) is 5.80. The topological polar surface area (TPSA) is 25.2 Å². The molecule has 0 bridgehead atoms. The van der Waals surface area contributed by atoms with E-state index < -0.39 is 0 Å². The molecule has 1 unspecified atom stereocenters. The molecule has 1 N–H and O–H groups in total. The van der Waals surface area contributed by atoms with Crippen molar-refractivity contribution in [2.45, 2.75) is 44.7 Å². The normalized spacial score (nSPS) is 18.0. The average molecular weight is 269 g/mol. The van der Waals surface area contributed by atoms with Crippen LogP contribution in [0.5, 0.6) is 0 Å². The van der Waals surface area contributed by atoms with Gasteiger partial charge in [0.2, 0.25) is 0 Å². The summed E-state index contributed by atoms with van der Waals surface area (Å²) in [7, 11) is 0. The zero-order valence-electron chi connectivity index (χ0n) is 11.9. The maximum absolute atomic E-state index is 5.16. The van der Waals surface area contributed by atoms with Gasteiger partial charge in [-0.3, -0.25) is 0 Å². The van der Waals surface area contributed by atoms with Gasteiger partial charge in [0, 0.05) is 18.2 Å². The first-order valence-corrected chi connectivity index (χ1v) is 7.73. The van der Waals surface area contributed by atoms with Gasteiger partial charge in [-0.2, -0.15) is 0 Å². The minimum atomic E-state index is 0.464. The second kappa shape index (κ2) is 6.76. The SMILES string of the molecule is c1ccc(C(NCc2ccoc2)C2CCCCC2)cc1. The Morgan fingerprint density at radius 2 is 1.85 bits per heavy atom. The molecule has 1 aromatic carbocycles. The van der Waals surface area contributed by atoms with E-state index in [0.717, 1.165) is 12.5 Å². The van der Waals surface area contributed by atoms with Gasteiger partial charge in [-0.1, -0.05) is 49.6 Å². The fourth-order valence-electron chi connectivity index (χ4n) is 3.31. The van der Waals surface area contributed by atoms with Crippen LogP contribution in [0.15, 0.2) is 53.3 Å². The van der Waals surface area contributed by atoms with Crippen molar-refractivity contribution in [1.29, 1.82) is 0 Å². The number of furan rings is 1. The largest absolute Gasteiger partial charge is 0.472 e. The Kier molecular flexibility index (Phi) is 4.54. The molecule has 1 saturated carbocycles. The van der Waals surface area contributed by atoms with Crippen LogP contribution in [-0.4, -0.2) is 0 Å². The quantitative estimate of drug-likeness (QED) is 0.851. The summed E-state index contributed by atoms with van der Waals surface area (Å²) in [5.41, 5.74) is 2.64. The third-order valence-corrected chi connectivity index (χ3v) is 4.39. The molecule has 1 aromatic heterocycles. The minimum Gasteiger partial charge on any atom is -0.472 e. The van der Waals surface area contributed by atoms with Crippen LogP contribution < -0.4 is 5.32 Å². The first-order valence-electron chi connectivity index (χ1n) is 7.73. The van der Waals surface area contributed by atoms with Crippen LogP contribution in [0.3, 0.4) is 0 Å². The Balaban J connectivity index is 1.72. The van der Waals surface area contributed by atoms with Crippen molar-refractivity contribution in [3.05, 3.63) is 60.1 Å². The van der Waals surface area contributed by atoms with Gasteiger partial charge in [0.1, 0.15) is 0 Å². The van der Waals surface area contributed by atoms with Gasteiger partial charge in [0.15, 0.2) is 0 Å². The number of hydrogen-bond donors (Lipinski definition) is 1. The Bertz CT molecular complexity index is 485. The predicted octanol–water partition coefficient (Wildman–Crippen LogP) is 4.69. The van der Waals surface area contributed by atoms with Gasteiger partial charge in [0.25, 0.3) is 0 Å². The van der Waals surface area contributed by atoms with E-state index >= 15 is 0 Å². The van der Waals surface area contributed by atoms with Crippen LogP contribution in [0, 0.1) is 5.92 Å². The van der Waals surface area contributed by atoms with Crippen molar-refractivity contribution in [2.24, 2.45) is 5.92 Å². The lowest BCUT2D eigenvalue weighted by Crippen LogP contribution is -2.29. The second-order valence-electron chi connectivity index (χ2n) is 5.80. The van der Waals surface area contributed by atoms with Gasteiger partial charge in [-0.25, -0.2) is 0 Å². The molecule has 2 aromatic rings. The maximum Gasteiger partial charge on any atom is 0.0947 e. The summed E-state index contributed by atoms with van der Waals surface area (Å²) in [5, 5.41) is 3.75. The van der Waals surface area contributed by atoms with Gasteiger partial charge in [-0.15, -0.1) is 0 Å². The molecule has 3 rings (SSSR count). The molecule has 2 nitrogen and oxygen atoms in total. The Hall–Kier alpha value is -1.54. The summed E-state index contributed by atoms with van der Waals surface area (Å²) in [6.45, 7) is 0.882. The average Bonchev–Trinajstić information content (AvgIpc) is 3.03. The summed E-state index contributed by atoms with van der Waals surface area (Å²) < 4.78 is 5.16. The molecular weight excluding hydrogens is 246 g/mol. The van der Waals surface area contributed by atoms with Crippen LogP contribution in [0.1, 0.15) is 49.3 Å². The van der Waals surface area contributed by atoms with E-state index in [1.165, 1.54) is 43.2 Å². The number of hydrogen-bond acceptors (Lipinski definition) is 2. The summed E-state index contributed by atoms with van der Waals surface area (Å²) in [4.78, 5) is 0. The fraction of sp³-hybridized carbons (Fsp3) is 0.444. The van der Waals surface area contributed by atoms with E-state index in [9.17, 15) is 0 Å². The molecule has 0 amide bonds. The fourth-order valence-corrected chi connectivity index (χ4v) is 3.31.